The van der Waals surface area contributed by atoms with Gasteiger partial charge in [0.25, 0.3) is 6.02 Å². The largest absolute Gasteiger partial charge is 0.462 e. The summed E-state index contributed by atoms with van der Waals surface area (Å²) in [6.07, 6.45) is 2.19. The van der Waals surface area contributed by atoms with E-state index >= 15 is 0 Å². The van der Waals surface area contributed by atoms with E-state index in [1.807, 2.05) is 0 Å². The van der Waals surface area contributed by atoms with Crippen molar-refractivity contribution in [1.29, 1.82) is 0 Å². The maximum absolute atomic E-state index is 5.77. The summed E-state index contributed by atoms with van der Waals surface area (Å²) in [7, 11) is 0. The molecule has 1 aromatic rings. The molecule has 96 valence electrons. The summed E-state index contributed by atoms with van der Waals surface area (Å²) in [5, 5.41) is 0. The van der Waals surface area contributed by atoms with Crippen molar-refractivity contribution in [2.75, 3.05) is 6.61 Å². The molecular weight excluding hydrogens is 292 g/mol. The van der Waals surface area contributed by atoms with Crippen molar-refractivity contribution >= 4 is 22.0 Å². The first-order chi connectivity index (χ1) is 8.45. The third-order valence-corrected chi connectivity index (χ3v) is 4.88. The van der Waals surface area contributed by atoms with Crippen LogP contribution in [-0.4, -0.2) is 12.6 Å². The number of benzene rings is 1. The predicted molar refractivity (Wildman–Crippen MR) is 75.5 cm³/mol. The number of halogens is 1. The number of aliphatic imine (C=N–C) groups is 1. The van der Waals surface area contributed by atoms with E-state index in [1.165, 1.54) is 11.1 Å². The Morgan fingerprint density at radius 2 is 2.17 bits per heavy atom. The zero-order valence-electron chi connectivity index (χ0n) is 10.7. The molecule has 0 saturated heterocycles. The second kappa shape index (κ2) is 3.73. The highest BCUT2D eigenvalue weighted by Crippen LogP contribution is 2.53. The topological polar surface area (TPSA) is 47.6 Å². The number of fused-ring (bicyclic) bond motifs is 2. The molecule has 3 nitrogen and oxygen atoms in total. The lowest BCUT2D eigenvalue weighted by molar-refractivity contribution is 0.0989. The van der Waals surface area contributed by atoms with Crippen LogP contribution in [0.15, 0.2) is 27.7 Å². The number of rotatable bonds is 0. The fraction of sp³-hybridized carbons (Fsp3) is 0.500. The van der Waals surface area contributed by atoms with Crippen molar-refractivity contribution in [3.05, 3.63) is 33.8 Å². The summed E-state index contributed by atoms with van der Waals surface area (Å²) in [6, 6.07) is 6.76. The summed E-state index contributed by atoms with van der Waals surface area (Å²) in [5.74, 6) is 0. The second-order valence-corrected chi connectivity index (χ2v) is 6.70. The Kier molecular flexibility index (Phi) is 2.49. The van der Waals surface area contributed by atoms with E-state index in [-0.39, 0.29) is 11.0 Å². The molecule has 0 aromatic heterocycles. The minimum Gasteiger partial charge on any atom is -0.462 e. The Labute approximate surface area is 116 Å². The molecule has 18 heavy (non-hydrogen) atoms. The number of hydrogen-bond acceptors (Lipinski definition) is 3. The van der Waals surface area contributed by atoms with E-state index in [1.54, 1.807) is 0 Å². The van der Waals surface area contributed by atoms with Crippen molar-refractivity contribution in [2.45, 2.75) is 32.2 Å². The Bertz CT molecular complexity index is 539. The molecule has 3 rings (SSSR count). The lowest BCUT2D eigenvalue weighted by Crippen LogP contribution is -2.45. The number of ether oxygens (including phenoxy) is 1. The van der Waals surface area contributed by atoms with Gasteiger partial charge in [0.2, 0.25) is 0 Å². The highest BCUT2D eigenvalue weighted by atomic mass is 79.9. The normalized spacial score (nSPS) is 28.7. The van der Waals surface area contributed by atoms with Crippen molar-refractivity contribution < 1.29 is 4.74 Å². The molecule has 4 heteroatoms. The van der Waals surface area contributed by atoms with E-state index < -0.39 is 0 Å². The Morgan fingerprint density at radius 1 is 1.39 bits per heavy atom. The van der Waals surface area contributed by atoms with Crippen LogP contribution in [0.4, 0.5) is 0 Å². The van der Waals surface area contributed by atoms with Crippen LogP contribution in [0.1, 0.15) is 31.4 Å². The summed E-state index contributed by atoms with van der Waals surface area (Å²) >= 11 is 3.55. The van der Waals surface area contributed by atoms with E-state index in [2.05, 4.69) is 53.0 Å². The molecule has 2 aliphatic rings. The van der Waals surface area contributed by atoms with Gasteiger partial charge in [0.15, 0.2) is 0 Å². The molecule has 0 saturated carbocycles. The summed E-state index contributed by atoms with van der Waals surface area (Å²) in [5.41, 5.74) is 8.12. The van der Waals surface area contributed by atoms with Gasteiger partial charge in [-0.3, -0.25) is 0 Å². The summed E-state index contributed by atoms with van der Waals surface area (Å²) in [6.45, 7) is 5.06. The maximum atomic E-state index is 5.77. The molecule has 1 aliphatic carbocycles. The summed E-state index contributed by atoms with van der Waals surface area (Å²) in [4.78, 5) is 4.67. The third kappa shape index (κ3) is 1.51. The van der Waals surface area contributed by atoms with Crippen LogP contribution in [0.3, 0.4) is 0 Å². The zero-order chi connectivity index (χ0) is 13.0. The fourth-order valence-electron chi connectivity index (χ4n) is 3.09. The molecule has 1 spiro atoms. The van der Waals surface area contributed by atoms with Crippen LogP contribution in [0.2, 0.25) is 0 Å². The van der Waals surface area contributed by atoms with Gasteiger partial charge in [-0.2, -0.15) is 0 Å². The van der Waals surface area contributed by atoms with Gasteiger partial charge in [-0.15, -0.1) is 0 Å². The molecule has 1 aliphatic heterocycles. The minimum atomic E-state index is -0.325. The van der Waals surface area contributed by atoms with Crippen molar-refractivity contribution in [3.63, 3.8) is 0 Å². The molecular formula is C14H17BrN2O. The SMILES string of the molecule is CC1(C)CCc2ccc(Br)cc2C12COC(N)=N2. The lowest BCUT2D eigenvalue weighted by Gasteiger charge is -2.45. The fourth-order valence-corrected chi connectivity index (χ4v) is 3.45. The van der Waals surface area contributed by atoms with Gasteiger partial charge in [0, 0.05) is 4.47 Å². The van der Waals surface area contributed by atoms with Crippen LogP contribution in [0.25, 0.3) is 0 Å². The number of amidine groups is 1. The van der Waals surface area contributed by atoms with Crippen LogP contribution in [-0.2, 0) is 16.7 Å². The molecule has 0 amide bonds. The molecule has 1 heterocycles. The van der Waals surface area contributed by atoms with E-state index in [4.69, 9.17) is 10.5 Å². The Morgan fingerprint density at radius 3 is 2.83 bits per heavy atom. The highest BCUT2D eigenvalue weighted by Gasteiger charge is 2.53. The van der Waals surface area contributed by atoms with Gasteiger partial charge in [-0.1, -0.05) is 35.8 Å². The maximum Gasteiger partial charge on any atom is 0.283 e. The molecule has 0 fully saturated rings. The average Bonchev–Trinajstić information content (AvgIpc) is 2.70. The molecule has 1 unspecified atom stereocenters. The van der Waals surface area contributed by atoms with Gasteiger partial charge < -0.3 is 10.5 Å². The van der Waals surface area contributed by atoms with Crippen molar-refractivity contribution in [2.24, 2.45) is 16.1 Å². The third-order valence-electron chi connectivity index (χ3n) is 4.39. The first-order valence-corrected chi connectivity index (χ1v) is 7.01. The molecule has 1 aromatic carbocycles. The van der Waals surface area contributed by atoms with Crippen molar-refractivity contribution in [1.82, 2.24) is 0 Å². The molecule has 0 bridgehead atoms. The van der Waals surface area contributed by atoms with Crippen molar-refractivity contribution in [3.8, 4) is 0 Å². The predicted octanol–water partition coefficient (Wildman–Crippen LogP) is 2.96. The van der Waals surface area contributed by atoms with Gasteiger partial charge in [0.1, 0.15) is 12.1 Å². The van der Waals surface area contributed by atoms with E-state index in [0.717, 1.165) is 17.3 Å². The minimum absolute atomic E-state index is 0.0575. The number of nitrogens with zero attached hydrogens (tertiary/aromatic N) is 1. The second-order valence-electron chi connectivity index (χ2n) is 5.78. The van der Waals surface area contributed by atoms with Gasteiger partial charge in [-0.25, -0.2) is 4.99 Å². The monoisotopic (exact) mass is 308 g/mol. The highest BCUT2D eigenvalue weighted by molar-refractivity contribution is 9.10. The zero-order valence-corrected chi connectivity index (χ0v) is 12.3. The summed E-state index contributed by atoms with van der Waals surface area (Å²) < 4.78 is 6.57. The van der Waals surface area contributed by atoms with Crippen LogP contribution >= 0.6 is 15.9 Å². The first-order valence-electron chi connectivity index (χ1n) is 6.22. The molecule has 0 radical (unpaired) electrons. The smallest absolute Gasteiger partial charge is 0.283 e. The van der Waals surface area contributed by atoms with Crippen LogP contribution in [0, 0.1) is 5.41 Å². The van der Waals surface area contributed by atoms with E-state index in [9.17, 15) is 0 Å². The molecule has 1 atom stereocenters. The van der Waals surface area contributed by atoms with Gasteiger partial charge >= 0.3 is 0 Å². The first kappa shape index (κ1) is 12.0. The molecule has 2 N–H and O–H groups in total. The quantitative estimate of drug-likeness (QED) is 0.801. The number of hydrogen-bond donors (Lipinski definition) is 1. The Balaban J connectivity index is 2.25. The van der Waals surface area contributed by atoms with Crippen LogP contribution < -0.4 is 5.73 Å². The van der Waals surface area contributed by atoms with Gasteiger partial charge in [0.05, 0.1) is 0 Å². The van der Waals surface area contributed by atoms with E-state index in [0.29, 0.717) is 12.6 Å². The number of nitrogens with two attached hydrogens (primary N) is 1. The van der Waals surface area contributed by atoms with Gasteiger partial charge in [-0.05, 0) is 41.5 Å². The standard InChI is InChI=1S/C14H17BrN2O/c1-13(2)6-5-9-3-4-10(15)7-11(9)14(13)8-18-12(16)17-14/h3-4,7H,5-6,8H2,1-2H3,(H2,16,17). The Hall–Kier alpha value is -1.03. The van der Waals surface area contributed by atoms with Crippen LogP contribution in [0.5, 0.6) is 0 Å². The lowest BCUT2D eigenvalue weighted by atomic mass is 9.61. The number of aryl methyl sites for hydroxylation is 1. The average molecular weight is 309 g/mol.